The quantitative estimate of drug-likeness (QED) is 0.517. The molecule has 7 heteroatoms. The predicted octanol–water partition coefficient (Wildman–Crippen LogP) is 3.30. The fraction of sp³-hybridized carbons (Fsp3) is 0.136. The molecule has 0 spiro atoms. The first-order valence-corrected chi connectivity index (χ1v) is 9.22. The highest BCUT2D eigenvalue weighted by Crippen LogP contribution is 2.25. The number of aromatic carboxylic acids is 1. The number of carbonyl (C=O) groups excluding carboxylic acids is 2. The molecule has 1 saturated heterocycles. The third-order valence-corrected chi connectivity index (χ3v) is 4.92. The lowest BCUT2D eigenvalue weighted by atomic mass is 10.1. The summed E-state index contributed by atoms with van der Waals surface area (Å²) >= 11 is 0. The fourth-order valence-corrected chi connectivity index (χ4v) is 3.53. The van der Waals surface area contributed by atoms with E-state index in [0.29, 0.717) is 13.1 Å². The lowest BCUT2D eigenvalue weighted by molar-refractivity contribution is -0.122. The zero-order valence-electron chi connectivity index (χ0n) is 15.8. The van der Waals surface area contributed by atoms with Crippen LogP contribution in [0, 0.1) is 0 Å². The molecule has 0 aliphatic carbocycles. The minimum Gasteiger partial charge on any atom is -0.478 e. The number of hydrogen-bond donors (Lipinski definition) is 2. The topological polar surface area (TPSA) is 91.6 Å². The number of nitrogens with zero attached hydrogens (tertiary/aromatic N) is 2. The Morgan fingerprint density at radius 2 is 1.93 bits per heavy atom. The Morgan fingerprint density at radius 1 is 1.14 bits per heavy atom. The highest BCUT2D eigenvalue weighted by molar-refractivity contribution is 6.14. The number of nitrogens with one attached hydrogen (secondary N) is 1. The molecular formula is C22H19N3O4. The van der Waals surface area contributed by atoms with Crippen LogP contribution in [0.3, 0.4) is 0 Å². The van der Waals surface area contributed by atoms with Gasteiger partial charge < -0.3 is 15.0 Å². The van der Waals surface area contributed by atoms with Crippen molar-refractivity contribution < 1.29 is 19.5 Å². The number of aromatic nitrogens is 1. The van der Waals surface area contributed by atoms with E-state index in [2.05, 4.69) is 5.32 Å². The Kier molecular flexibility index (Phi) is 4.64. The summed E-state index contributed by atoms with van der Waals surface area (Å²) < 4.78 is 2.00. The van der Waals surface area contributed by atoms with Crippen molar-refractivity contribution in [1.82, 2.24) is 14.8 Å². The van der Waals surface area contributed by atoms with Crippen LogP contribution in [-0.4, -0.2) is 39.0 Å². The highest BCUT2D eigenvalue weighted by atomic mass is 16.4. The summed E-state index contributed by atoms with van der Waals surface area (Å²) in [6, 6.07) is 14.1. The molecule has 1 aliphatic heterocycles. The summed E-state index contributed by atoms with van der Waals surface area (Å²) in [5, 5.41) is 12.8. The molecule has 2 aromatic carbocycles. The number of imide groups is 1. The minimum atomic E-state index is -0.967. The van der Waals surface area contributed by atoms with Gasteiger partial charge in [-0.05, 0) is 36.8 Å². The smallest absolute Gasteiger partial charge is 0.335 e. The monoisotopic (exact) mass is 389 g/mol. The number of fused-ring (bicyclic) bond motifs is 1. The Bertz CT molecular complexity index is 1180. The second kappa shape index (κ2) is 7.27. The zero-order valence-corrected chi connectivity index (χ0v) is 15.8. The van der Waals surface area contributed by atoms with Crippen molar-refractivity contribution >= 4 is 34.9 Å². The van der Waals surface area contributed by atoms with Crippen molar-refractivity contribution in [2.45, 2.75) is 13.5 Å². The molecule has 0 saturated carbocycles. The van der Waals surface area contributed by atoms with Crippen molar-refractivity contribution in [1.29, 1.82) is 0 Å². The van der Waals surface area contributed by atoms with E-state index in [4.69, 9.17) is 0 Å². The van der Waals surface area contributed by atoms with Crippen LogP contribution in [-0.2, 0) is 11.3 Å². The molecule has 0 unspecified atom stereocenters. The number of carboxylic acid groups (broad SMARTS) is 1. The maximum atomic E-state index is 12.4. The summed E-state index contributed by atoms with van der Waals surface area (Å²) in [5.74, 6) is -1.31. The molecule has 3 aromatic rings. The first-order valence-electron chi connectivity index (χ1n) is 9.22. The van der Waals surface area contributed by atoms with Crippen LogP contribution in [0.2, 0.25) is 0 Å². The molecular weight excluding hydrogens is 370 g/mol. The molecule has 29 heavy (non-hydrogen) atoms. The van der Waals surface area contributed by atoms with E-state index in [9.17, 15) is 19.5 Å². The van der Waals surface area contributed by atoms with Crippen LogP contribution in [0.1, 0.15) is 28.4 Å². The van der Waals surface area contributed by atoms with Gasteiger partial charge in [-0.25, -0.2) is 9.59 Å². The number of carboxylic acids is 1. The van der Waals surface area contributed by atoms with Gasteiger partial charge in [-0.1, -0.05) is 30.3 Å². The molecule has 0 bridgehead atoms. The fourth-order valence-electron chi connectivity index (χ4n) is 3.53. The number of para-hydroxylation sites is 1. The Balaban J connectivity index is 1.74. The number of hydrogen-bond acceptors (Lipinski definition) is 3. The summed E-state index contributed by atoms with van der Waals surface area (Å²) in [4.78, 5) is 36.7. The molecule has 1 aliphatic rings. The predicted molar refractivity (Wildman–Crippen MR) is 108 cm³/mol. The van der Waals surface area contributed by atoms with E-state index in [1.807, 2.05) is 41.1 Å². The summed E-state index contributed by atoms with van der Waals surface area (Å²) in [6.07, 6.45) is 3.58. The maximum Gasteiger partial charge on any atom is 0.335 e. The second-order valence-electron chi connectivity index (χ2n) is 6.77. The number of carbonyl (C=O) groups is 3. The third-order valence-electron chi connectivity index (χ3n) is 4.92. The van der Waals surface area contributed by atoms with Gasteiger partial charge in [0.15, 0.2) is 0 Å². The van der Waals surface area contributed by atoms with E-state index >= 15 is 0 Å². The molecule has 2 N–H and O–H groups in total. The van der Waals surface area contributed by atoms with Gasteiger partial charge in [0.25, 0.3) is 5.91 Å². The lowest BCUT2D eigenvalue weighted by Crippen LogP contribution is -2.30. The van der Waals surface area contributed by atoms with E-state index < -0.39 is 12.0 Å². The number of benzene rings is 2. The van der Waals surface area contributed by atoms with Gasteiger partial charge in [0.1, 0.15) is 5.70 Å². The molecule has 0 atom stereocenters. The van der Waals surface area contributed by atoms with E-state index in [1.54, 1.807) is 31.2 Å². The largest absolute Gasteiger partial charge is 0.478 e. The first-order chi connectivity index (χ1) is 14.0. The summed E-state index contributed by atoms with van der Waals surface area (Å²) in [7, 11) is 0. The first kappa shape index (κ1) is 18.5. The third kappa shape index (κ3) is 3.38. The number of likely N-dealkylation sites (N-methyl/N-ethyl adjacent to an activating group) is 1. The van der Waals surface area contributed by atoms with E-state index in [-0.39, 0.29) is 17.2 Å². The normalized spacial score (nSPS) is 15.3. The molecule has 1 aromatic heterocycles. The zero-order chi connectivity index (χ0) is 20.5. The van der Waals surface area contributed by atoms with E-state index in [0.717, 1.165) is 26.9 Å². The average Bonchev–Trinajstić information content (AvgIpc) is 3.19. The van der Waals surface area contributed by atoms with Crippen LogP contribution < -0.4 is 5.32 Å². The van der Waals surface area contributed by atoms with Crippen LogP contribution in [0.25, 0.3) is 17.0 Å². The van der Waals surface area contributed by atoms with Crippen LogP contribution in [0.4, 0.5) is 4.79 Å². The van der Waals surface area contributed by atoms with Gasteiger partial charge in [0.2, 0.25) is 0 Å². The van der Waals surface area contributed by atoms with Crippen LogP contribution in [0.5, 0.6) is 0 Å². The Morgan fingerprint density at radius 3 is 2.66 bits per heavy atom. The minimum absolute atomic E-state index is 0.236. The van der Waals surface area contributed by atoms with Crippen molar-refractivity contribution in [2.75, 3.05) is 6.54 Å². The molecule has 0 radical (unpaired) electrons. The summed E-state index contributed by atoms with van der Waals surface area (Å²) in [5.41, 5.74) is 3.08. The lowest BCUT2D eigenvalue weighted by Gasteiger charge is -2.06. The number of rotatable bonds is 5. The van der Waals surface area contributed by atoms with Crippen molar-refractivity contribution in [3.63, 3.8) is 0 Å². The van der Waals surface area contributed by atoms with Gasteiger partial charge in [-0.15, -0.1) is 0 Å². The molecule has 2 heterocycles. The van der Waals surface area contributed by atoms with Gasteiger partial charge in [0.05, 0.1) is 5.56 Å². The molecule has 3 amide bonds. The average molecular weight is 389 g/mol. The number of amides is 3. The van der Waals surface area contributed by atoms with Crippen LogP contribution in [0.15, 0.2) is 60.4 Å². The highest BCUT2D eigenvalue weighted by Gasteiger charge is 2.32. The van der Waals surface area contributed by atoms with E-state index in [1.165, 1.54) is 0 Å². The van der Waals surface area contributed by atoms with Crippen molar-refractivity contribution in [3.8, 4) is 0 Å². The SMILES string of the molecule is CCN1C(=O)NC(=Cc2cn(Cc3cccc(C(=O)O)c3)c3ccccc23)C1=O. The maximum absolute atomic E-state index is 12.4. The standard InChI is InChI=1S/C22H19N3O4/c1-2-25-20(26)18(23-22(25)29)11-16-13-24(19-9-4-3-8-17(16)19)12-14-6-5-7-15(10-14)21(27)28/h3-11,13H,2,12H2,1H3,(H,23,29)(H,27,28). The molecule has 7 nitrogen and oxygen atoms in total. The number of urea groups is 1. The van der Waals surface area contributed by atoms with Gasteiger partial charge >= 0.3 is 12.0 Å². The molecule has 1 fully saturated rings. The van der Waals surface area contributed by atoms with Crippen LogP contribution >= 0.6 is 0 Å². The van der Waals surface area contributed by atoms with Gasteiger partial charge in [-0.2, -0.15) is 0 Å². The second-order valence-corrected chi connectivity index (χ2v) is 6.77. The van der Waals surface area contributed by atoms with Crippen molar-refractivity contribution in [3.05, 3.63) is 77.1 Å². The molecule has 4 rings (SSSR count). The Hall–Kier alpha value is -3.87. The Labute approximate surface area is 166 Å². The van der Waals surface area contributed by atoms with Gasteiger partial charge in [-0.3, -0.25) is 9.69 Å². The molecule has 146 valence electrons. The van der Waals surface area contributed by atoms with Gasteiger partial charge in [0, 0.05) is 35.8 Å². The summed E-state index contributed by atoms with van der Waals surface area (Å²) in [6.45, 7) is 2.54. The van der Waals surface area contributed by atoms with Crippen molar-refractivity contribution in [2.24, 2.45) is 0 Å².